The van der Waals surface area contributed by atoms with Crippen LogP contribution in [0, 0.1) is 0 Å². The topological polar surface area (TPSA) is 72.7 Å². The summed E-state index contributed by atoms with van der Waals surface area (Å²) in [5.74, 6) is 0. The summed E-state index contributed by atoms with van der Waals surface area (Å²) in [6.45, 7) is -0.206. The summed E-state index contributed by atoms with van der Waals surface area (Å²) in [7, 11) is 0. The Bertz CT molecular complexity index is 357. The van der Waals surface area contributed by atoms with Crippen LogP contribution >= 0.6 is 11.6 Å². The molecular formula is C11H14ClNO3. The van der Waals surface area contributed by atoms with Crippen LogP contribution < -0.4 is 5.32 Å². The van der Waals surface area contributed by atoms with E-state index in [-0.39, 0.29) is 12.6 Å². The molecule has 1 aromatic carbocycles. The van der Waals surface area contributed by atoms with Gasteiger partial charge in [0.1, 0.15) is 6.10 Å². The summed E-state index contributed by atoms with van der Waals surface area (Å²) < 4.78 is 0. The van der Waals surface area contributed by atoms with E-state index in [4.69, 9.17) is 16.7 Å². The van der Waals surface area contributed by atoms with Gasteiger partial charge in [0, 0.05) is 5.02 Å². The Morgan fingerprint density at radius 1 is 1.12 bits per heavy atom. The summed E-state index contributed by atoms with van der Waals surface area (Å²) in [4.78, 5) is 0. The van der Waals surface area contributed by atoms with Crippen LogP contribution in [0.5, 0.6) is 0 Å². The minimum absolute atomic E-state index is 0.206. The van der Waals surface area contributed by atoms with Crippen molar-refractivity contribution in [2.24, 2.45) is 0 Å². The predicted octanol–water partition coefficient (Wildman–Crippen LogP) is 0.0670. The number of aliphatic hydroxyl groups excluding tert-OH is 3. The number of rotatable bonds is 2. The molecule has 4 unspecified atom stereocenters. The van der Waals surface area contributed by atoms with Crippen LogP contribution in [0.1, 0.15) is 11.6 Å². The third kappa shape index (κ3) is 2.07. The van der Waals surface area contributed by atoms with E-state index in [0.717, 1.165) is 5.56 Å². The van der Waals surface area contributed by atoms with Crippen molar-refractivity contribution in [1.29, 1.82) is 0 Å². The van der Waals surface area contributed by atoms with Crippen LogP contribution in [0.15, 0.2) is 24.3 Å². The van der Waals surface area contributed by atoms with Gasteiger partial charge < -0.3 is 20.6 Å². The van der Waals surface area contributed by atoms with Gasteiger partial charge in [-0.25, -0.2) is 0 Å². The fraction of sp³-hybridized carbons (Fsp3) is 0.455. The van der Waals surface area contributed by atoms with Gasteiger partial charge in [-0.1, -0.05) is 23.7 Å². The van der Waals surface area contributed by atoms with E-state index >= 15 is 0 Å². The molecule has 0 aliphatic carbocycles. The van der Waals surface area contributed by atoms with Gasteiger partial charge in [-0.15, -0.1) is 0 Å². The Hall–Kier alpha value is -0.650. The summed E-state index contributed by atoms with van der Waals surface area (Å²) in [5.41, 5.74) is 0.840. The standard InChI is InChI=1S/C11H14ClNO3/c12-7-3-1-6(2-4-7)9-11(16)10(15)8(5-14)13-9/h1-4,8-11,13-16H,5H2. The van der Waals surface area contributed by atoms with Gasteiger partial charge >= 0.3 is 0 Å². The van der Waals surface area contributed by atoms with Crippen LogP contribution in [0.4, 0.5) is 0 Å². The summed E-state index contributed by atoms with van der Waals surface area (Å²) >= 11 is 5.77. The third-order valence-electron chi connectivity index (χ3n) is 2.92. The lowest BCUT2D eigenvalue weighted by Gasteiger charge is -2.16. The molecule has 4 nitrogen and oxygen atoms in total. The van der Waals surface area contributed by atoms with E-state index in [9.17, 15) is 10.2 Å². The molecule has 4 N–H and O–H groups in total. The van der Waals surface area contributed by atoms with Crippen LogP contribution in [0.2, 0.25) is 5.02 Å². The van der Waals surface area contributed by atoms with Crippen LogP contribution in [0.25, 0.3) is 0 Å². The molecule has 2 rings (SSSR count). The van der Waals surface area contributed by atoms with Gasteiger partial charge in [-0.3, -0.25) is 0 Å². The van der Waals surface area contributed by atoms with Gasteiger partial charge in [-0.2, -0.15) is 0 Å². The molecule has 16 heavy (non-hydrogen) atoms. The number of nitrogens with one attached hydrogen (secondary N) is 1. The van der Waals surface area contributed by atoms with E-state index in [1.165, 1.54) is 0 Å². The molecule has 1 aliphatic rings. The normalized spacial score (nSPS) is 34.2. The van der Waals surface area contributed by atoms with Crippen molar-refractivity contribution >= 4 is 11.6 Å². The molecule has 1 aromatic rings. The van der Waals surface area contributed by atoms with Gasteiger partial charge in [0.15, 0.2) is 0 Å². The minimum Gasteiger partial charge on any atom is -0.395 e. The predicted molar refractivity (Wildman–Crippen MR) is 60.2 cm³/mol. The molecule has 1 heterocycles. The molecule has 1 saturated heterocycles. The first-order valence-electron chi connectivity index (χ1n) is 5.12. The lowest BCUT2D eigenvalue weighted by atomic mass is 10.0. The minimum atomic E-state index is -0.953. The second-order valence-corrected chi connectivity index (χ2v) is 4.40. The Labute approximate surface area is 98.5 Å². The number of hydrogen-bond acceptors (Lipinski definition) is 4. The van der Waals surface area contributed by atoms with Crippen molar-refractivity contribution in [1.82, 2.24) is 5.32 Å². The molecule has 88 valence electrons. The first-order valence-corrected chi connectivity index (χ1v) is 5.50. The zero-order valence-corrected chi connectivity index (χ0v) is 9.30. The molecule has 5 heteroatoms. The van der Waals surface area contributed by atoms with E-state index in [0.29, 0.717) is 5.02 Å². The van der Waals surface area contributed by atoms with Crippen molar-refractivity contribution in [3.63, 3.8) is 0 Å². The highest BCUT2D eigenvalue weighted by Crippen LogP contribution is 2.28. The largest absolute Gasteiger partial charge is 0.395 e. The molecule has 0 radical (unpaired) electrons. The van der Waals surface area contributed by atoms with Crippen molar-refractivity contribution in [3.8, 4) is 0 Å². The number of aliphatic hydroxyl groups is 3. The smallest absolute Gasteiger partial charge is 0.101 e. The van der Waals surface area contributed by atoms with Crippen molar-refractivity contribution in [2.75, 3.05) is 6.61 Å². The maximum absolute atomic E-state index is 9.83. The Kier molecular flexibility index (Phi) is 3.47. The number of benzene rings is 1. The highest BCUT2D eigenvalue weighted by atomic mass is 35.5. The van der Waals surface area contributed by atoms with Gasteiger partial charge in [0.2, 0.25) is 0 Å². The molecule has 0 aromatic heterocycles. The molecule has 4 atom stereocenters. The Morgan fingerprint density at radius 2 is 1.75 bits per heavy atom. The van der Waals surface area contributed by atoms with E-state index in [1.54, 1.807) is 24.3 Å². The molecule has 0 bridgehead atoms. The first-order chi connectivity index (χ1) is 7.63. The molecule has 0 amide bonds. The lowest BCUT2D eigenvalue weighted by molar-refractivity contribution is 0.0194. The maximum Gasteiger partial charge on any atom is 0.101 e. The Balaban J connectivity index is 2.19. The van der Waals surface area contributed by atoms with Gasteiger partial charge in [0.25, 0.3) is 0 Å². The molecular weight excluding hydrogens is 230 g/mol. The fourth-order valence-electron chi connectivity index (χ4n) is 1.99. The van der Waals surface area contributed by atoms with Gasteiger partial charge in [0.05, 0.1) is 24.8 Å². The highest BCUT2D eigenvalue weighted by Gasteiger charge is 2.41. The molecule has 1 aliphatic heterocycles. The second kappa shape index (κ2) is 4.69. The summed E-state index contributed by atoms with van der Waals surface area (Å²) in [6.07, 6.45) is -1.87. The van der Waals surface area contributed by atoms with E-state index in [1.807, 2.05) is 0 Å². The molecule has 1 fully saturated rings. The quantitative estimate of drug-likeness (QED) is 0.593. The average Bonchev–Trinajstić information content (AvgIpc) is 2.57. The number of hydrogen-bond donors (Lipinski definition) is 4. The zero-order valence-electron chi connectivity index (χ0n) is 8.55. The SMILES string of the molecule is OCC1NC(c2ccc(Cl)cc2)C(O)C1O. The van der Waals surface area contributed by atoms with Crippen molar-refractivity contribution in [2.45, 2.75) is 24.3 Å². The van der Waals surface area contributed by atoms with Crippen LogP contribution in [0.3, 0.4) is 0 Å². The van der Waals surface area contributed by atoms with E-state index in [2.05, 4.69) is 5.32 Å². The van der Waals surface area contributed by atoms with Gasteiger partial charge in [-0.05, 0) is 17.7 Å². The maximum atomic E-state index is 9.83. The second-order valence-electron chi connectivity index (χ2n) is 3.97. The highest BCUT2D eigenvalue weighted by molar-refractivity contribution is 6.30. The lowest BCUT2D eigenvalue weighted by Crippen LogP contribution is -2.35. The van der Waals surface area contributed by atoms with Crippen LogP contribution in [-0.2, 0) is 0 Å². The monoisotopic (exact) mass is 243 g/mol. The summed E-state index contributed by atoms with van der Waals surface area (Å²) in [5, 5.41) is 32.1. The zero-order chi connectivity index (χ0) is 11.7. The average molecular weight is 244 g/mol. The third-order valence-corrected chi connectivity index (χ3v) is 3.18. The molecule has 0 spiro atoms. The molecule has 0 saturated carbocycles. The Morgan fingerprint density at radius 3 is 2.25 bits per heavy atom. The van der Waals surface area contributed by atoms with E-state index < -0.39 is 18.2 Å². The van der Waals surface area contributed by atoms with Crippen LogP contribution in [-0.4, -0.2) is 40.2 Å². The fourth-order valence-corrected chi connectivity index (χ4v) is 2.11. The first kappa shape index (κ1) is 11.8. The van der Waals surface area contributed by atoms with Crippen molar-refractivity contribution in [3.05, 3.63) is 34.9 Å². The van der Waals surface area contributed by atoms with Crippen molar-refractivity contribution < 1.29 is 15.3 Å². The summed E-state index contributed by atoms with van der Waals surface area (Å²) in [6, 6.07) is 6.17. The number of halogens is 1.